The van der Waals surface area contributed by atoms with Crippen molar-refractivity contribution < 1.29 is 9.53 Å². The van der Waals surface area contributed by atoms with Gasteiger partial charge in [-0.05, 0) is 66.3 Å². The van der Waals surface area contributed by atoms with E-state index >= 15 is 0 Å². The van der Waals surface area contributed by atoms with Gasteiger partial charge in [0.05, 0.1) is 0 Å². The lowest BCUT2D eigenvalue weighted by atomic mass is 9.97. The average molecular weight is 282 g/mol. The highest BCUT2D eigenvalue weighted by atomic mass is 16.6. The monoisotopic (exact) mass is 282 g/mol. The lowest BCUT2D eigenvalue weighted by Crippen LogP contribution is -2.41. The van der Waals surface area contributed by atoms with Gasteiger partial charge in [0, 0.05) is 12.6 Å². The molecule has 1 aliphatic rings. The van der Waals surface area contributed by atoms with E-state index in [1.54, 1.807) is 5.57 Å². The fourth-order valence-electron chi connectivity index (χ4n) is 2.23. The predicted octanol–water partition coefficient (Wildman–Crippen LogP) is 3.38. The molecular formula is C16H30N2O2. The average Bonchev–Trinajstić information content (AvgIpc) is 2.36. The summed E-state index contributed by atoms with van der Waals surface area (Å²) in [5.41, 5.74) is 1.14. The van der Waals surface area contributed by atoms with Crippen LogP contribution in [0.15, 0.2) is 11.6 Å². The molecule has 0 saturated carbocycles. The summed E-state index contributed by atoms with van der Waals surface area (Å²) in [4.78, 5) is 11.5. The topological polar surface area (TPSA) is 50.4 Å². The minimum absolute atomic E-state index is 0.256. The molecule has 0 aromatic heterocycles. The van der Waals surface area contributed by atoms with Gasteiger partial charge in [0.15, 0.2) is 0 Å². The molecule has 1 amide bonds. The summed E-state index contributed by atoms with van der Waals surface area (Å²) in [6.45, 7) is 9.24. The second-order valence-electron chi connectivity index (χ2n) is 6.60. The highest BCUT2D eigenvalue weighted by Gasteiger charge is 2.16. The van der Waals surface area contributed by atoms with E-state index < -0.39 is 5.60 Å². The van der Waals surface area contributed by atoms with Crippen molar-refractivity contribution in [3.63, 3.8) is 0 Å². The van der Waals surface area contributed by atoms with Crippen LogP contribution in [0.4, 0.5) is 4.79 Å². The molecule has 0 spiro atoms. The third-order valence-corrected chi connectivity index (χ3v) is 3.28. The van der Waals surface area contributed by atoms with Gasteiger partial charge in [-0.1, -0.05) is 11.6 Å². The SMILES string of the molecule is CC(CNC(=O)OC(C)(C)C)NCCC1=CCCCC1. The Morgan fingerprint density at radius 2 is 2.15 bits per heavy atom. The largest absolute Gasteiger partial charge is 0.444 e. The van der Waals surface area contributed by atoms with Crippen molar-refractivity contribution in [1.29, 1.82) is 0 Å². The first-order valence-electron chi connectivity index (χ1n) is 7.75. The minimum Gasteiger partial charge on any atom is -0.444 e. The zero-order valence-corrected chi connectivity index (χ0v) is 13.4. The molecule has 4 heteroatoms. The highest BCUT2D eigenvalue weighted by Crippen LogP contribution is 2.19. The van der Waals surface area contributed by atoms with E-state index in [4.69, 9.17) is 4.74 Å². The maximum absolute atomic E-state index is 11.5. The zero-order valence-electron chi connectivity index (χ0n) is 13.4. The molecule has 0 heterocycles. The quantitative estimate of drug-likeness (QED) is 0.734. The van der Waals surface area contributed by atoms with Crippen molar-refractivity contribution >= 4 is 6.09 Å². The predicted molar refractivity (Wildman–Crippen MR) is 82.9 cm³/mol. The number of allylic oxidation sites excluding steroid dienone is 1. The first-order chi connectivity index (χ1) is 9.37. The van der Waals surface area contributed by atoms with Gasteiger partial charge >= 0.3 is 6.09 Å². The van der Waals surface area contributed by atoms with Crippen molar-refractivity contribution in [1.82, 2.24) is 10.6 Å². The normalized spacial score (nSPS) is 17.3. The molecule has 0 aromatic rings. The molecule has 0 saturated heterocycles. The molecule has 1 rings (SSSR count). The van der Waals surface area contributed by atoms with Gasteiger partial charge in [0.1, 0.15) is 5.60 Å². The first kappa shape index (κ1) is 17.0. The van der Waals surface area contributed by atoms with Crippen LogP contribution in [-0.2, 0) is 4.74 Å². The molecular weight excluding hydrogens is 252 g/mol. The van der Waals surface area contributed by atoms with E-state index in [1.165, 1.54) is 25.7 Å². The van der Waals surface area contributed by atoms with Crippen LogP contribution in [0.25, 0.3) is 0 Å². The number of amides is 1. The van der Waals surface area contributed by atoms with E-state index in [0.717, 1.165) is 13.0 Å². The van der Waals surface area contributed by atoms with E-state index in [1.807, 2.05) is 20.8 Å². The van der Waals surface area contributed by atoms with Gasteiger partial charge in [-0.2, -0.15) is 0 Å². The van der Waals surface area contributed by atoms with Crippen LogP contribution in [0.3, 0.4) is 0 Å². The smallest absolute Gasteiger partial charge is 0.407 e. The number of rotatable bonds is 6. The lowest BCUT2D eigenvalue weighted by molar-refractivity contribution is 0.0523. The Morgan fingerprint density at radius 3 is 2.75 bits per heavy atom. The number of hydrogen-bond acceptors (Lipinski definition) is 3. The summed E-state index contributed by atoms with van der Waals surface area (Å²) in [6, 6.07) is 0.256. The van der Waals surface area contributed by atoms with Crippen LogP contribution in [0.5, 0.6) is 0 Å². The summed E-state index contributed by atoms with van der Waals surface area (Å²) in [6.07, 6.45) is 8.33. The molecule has 20 heavy (non-hydrogen) atoms. The van der Waals surface area contributed by atoms with E-state index in [0.29, 0.717) is 6.54 Å². The van der Waals surface area contributed by atoms with Gasteiger partial charge < -0.3 is 15.4 Å². The molecule has 0 radical (unpaired) electrons. The Kier molecular flexibility index (Phi) is 7.06. The number of alkyl carbamates (subject to hydrolysis) is 1. The summed E-state index contributed by atoms with van der Waals surface area (Å²) in [5, 5.41) is 6.23. The standard InChI is InChI=1S/C16H30N2O2/c1-13(12-18-15(19)20-16(2,3)4)17-11-10-14-8-6-5-7-9-14/h8,13,17H,5-7,9-12H2,1-4H3,(H,18,19). The first-order valence-corrected chi connectivity index (χ1v) is 7.75. The van der Waals surface area contributed by atoms with Crippen LogP contribution in [0.2, 0.25) is 0 Å². The summed E-state index contributed by atoms with van der Waals surface area (Å²) in [5.74, 6) is 0. The molecule has 1 unspecified atom stereocenters. The number of nitrogens with one attached hydrogen (secondary N) is 2. The van der Waals surface area contributed by atoms with Gasteiger partial charge in [-0.15, -0.1) is 0 Å². The number of carbonyl (C=O) groups is 1. The van der Waals surface area contributed by atoms with Crippen molar-refractivity contribution in [2.75, 3.05) is 13.1 Å². The highest BCUT2D eigenvalue weighted by molar-refractivity contribution is 5.67. The fraction of sp³-hybridized carbons (Fsp3) is 0.812. The Labute approximate surface area is 123 Å². The molecule has 4 nitrogen and oxygen atoms in total. The second-order valence-corrected chi connectivity index (χ2v) is 6.60. The zero-order chi connectivity index (χ0) is 15.0. The summed E-state index contributed by atoms with van der Waals surface area (Å²) < 4.78 is 5.20. The number of hydrogen-bond donors (Lipinski definition) is 2. The Morgan fingerprint density at radius 1 is 1.40 bits per heavy atom. The van der Waals surface area contributed by atoms with Crippen LogP contribution >= 0.6 is 0 Å². The van der Waals surface area contributed by atoms with E-state index in [-0.39, 0.29) is 12.1 Å². The van der Waals surface area contributed by atoms with Crippen LogP contribution in [0, 0.1) is 0 Å². The van der Waals surface area contributed by atoms with Crippen molar-refractivity contribution in [3.8, 4) is 0 Å². The molecule has 0 fully saturated rings. The van der Waals surface area contributed by atoms with Gasteiger partial charge in [-0.3, -0.25) is 0 Å². The molecule has 1 aliphatic carbocycles. The molecule has 0 bridgehead atoms. The second kappa shape index (κ2) is 8.30. The van der Waals surface area contributed by atoms with Crippen LogP contribution < -0.4 is 10.6 Å². The Hall–Kier alpha value is -1.03. The maximum Gasteiger partial charge on any atom is 0.407 e. The molecule has 116 valence electrons. The lowest BCUT2D eigenvalue weighted by Gasteiger charge is -2.21. The molecule has 0 aromatic carbocycles. The maximum atomic E-state index is 11.5. The minimum atomic E-state index is -0.436. The van der Waals surface area contributed by atoms with E-state index in [2.05, 4.69) is 23.6 Å². The van der Waals surface area contributed by atoms with Gasteiger partial charge in [-0.25, -0.2) is 4.79 Å². The summed E-state index contributed by atoms with van der Waals surface area (Å²) in [7, 11) is 0. The van der Waals surface area contributed by atoms with Gasteiger partial charge in [0.2, 0.25) is 0 Å². The van der Waals surface area contributed by atoms with Crippen LogP contribution in [0.1, 0.15) is 59.8 Å². The fourth-order valence-corrected chi connectivity index (χ4v) is 2.23. The number of carbonyl (C=O) groups excluding carboxylic acids is 1. The molecule has 2 N–H and O–H groups in total. The molecule has 1 atom stereocenters. The van der Waals surface area contributed by atoms with Crippen molar-refractivity contribution in [2.45, 2.75) is 71.4 Å². The molecule has 0 aliphatic heterocycles. The van der Waals surface area contributed by atoms with E-state index in [9.17, 15) is 4.79 Å². The van der Waals surface area contributed by atoms with Crippen molar-refractivity contribution in [3.05, 3.63) is 11.6 Å². The Bertz CT molecular complexity index is 332. The number of ether oxygens (including phenoxy) is 1. The third kappa shape index (κ3) is 8.20. The van der Waals surface area contributed by atoms with Crippen LogP contribution in [-0.4, -0.2) is 30.8 Å². The third-order valence-electron chi connectivity index (χ3n) is 3.28. The van der Waals surface area contributed by atoms with Gasteiger partial charge in [0.25, 0.3) is 0 Å². The Balaban J connectivity index is 2.09. The summed E-state index contributed by atoms with van der Waals surface area (Å²) >= 11 is 0. The van der Waals surface area contributed by atoms with Crippen molar-refractivity contribution in [2.24, 2.45) is 0 Å².